The van der Waals surface area contributed by atoms with Gasteiger partial charge in [0.1, 0.15) is 5.54 Å². The van der Waals surface area contributed by atoms with E-state index in [1.807, 2.05) is 30.0 Å². The summed E-state index contributed by atoms with van der Waals surface area (Å²) in [5.74, 6) is 0.965. The fourth-order valence-corrected chi connectivity index (χ4v) is 4.66. The third kappa shape index (κ3) is 5.17. The van der Waals surface area contributed by atoms with E-state index in [2.05, 4.69) is 31.3 Å². The zero-order valence-electron chi connectivity index (χ0n) is 17.9. The van der Waals surface area contributed by atoms with Crippen LogP contribution in [0, 0.1) is 17.2 Å². The predicted octanol–water partition coefficient (Wildman–Crippen LogP) is 3.03. The van der Waals surface area contributed by atoms with Crippen LogP contribution in [-0.4, -0.2) is 52.7 Å². The van der Waals surface area contributed by atoms with Crippen LogP contribution in [0.3, 0.4) is 0 Å². The SMILES string of the molecule is CC(C)CC1(C)NC(=N)N(CC2CCCN(C(=O)CCc3ccccc3)C2)C1=O. The van der Waals surface area contributed by atoms with Crippen LogP contribution in [0.5, 0.6) is 0 Å². The Morgan fingerprint density at radius 2 is 2.03 bits per heavy atom. The number of rotatable bonds is 7. The maximum absolute atomic E-state index is 13.0. The summed E-state index contributed by atoms with van der Waals surface area (Å²) in [6.07, 6.45) is 3.92. The predicted molar refractivity (Wildman–Crippen MR) is 115 cm³/mol. The molecule has 6 nitrogen and oxygen atoms in total. The summed E-state index contributed by atoms with van der Waals surface area (Å²) in [5.41, 5.74) is 0.492. The normalized spacial score (nSPS) is 24.9. The standard InChI is InChI=1S/C23H34N4O2/c1-17(2)14-23(3)21(29)27(22(24)25-23)16-19-10-7-13-26(15-19)20(28)12-11-18-8-5-4-6-9-18/h4-6,8-9,17,19H,7,10-16H2,1-3H3,(H2,24,25). The average molecular weight is 399 g/mol. The highest BCUT2D eigenvalue weighted by atomic mass is 16.2. The molecule has 2 N–H and O–H groups in total. The number of nitrogens with zero attached hydrogens (tertiary/aromatic N) is 2. The highest BCUT2D eigenvalue weighted by molar-refractivity contribution is 6.07. The molecule has 2 unspecified atom stereocenters. The van der Waals surface area contributed by atoms with Crippen molar-refractivity contribution in [3.05, 3.63) is 35.9 Å². The fraction of sp³-hybridized carbons (Fsp3) is 0.609. The number of likely N-dealkylation sites (tertiary alicyclic amines) is 1. The Hall–Kier alpha value is -2.37. The van der Waals surface area contributed by atoms with Crippen LogP contribution in [0.2, 0.25) is 0 Å². The summed E-state index contributed by atoms with van der Waals surface area (Å²) in [7, 11) is 0. The van der Waals surface area contributed by atoms with E-state index in [1.165, 1.54) is 5.56 Å². The van der Waals surface area contributed by atoms with Gasteiger partial charge >= 0.3 is 0 Å². The third-order valence-electron chi connectivity index (χ3n) is 5.98. The van der Waals surface area contributed by atoms with Crippen molar-refractivity contribution < 1.29 is 9.59 Å². The van der Waals surface area contributed by atoms with E-state index in [0.29, 0.717) is 31.8 Å². The van der Waals surface area contributed by atoms with E-state index >= 15 is 0 Å². The number of nitrogens with one attached hydrogen (secondary N) is 2. The molecule has 6 heteroatoms. The fourth-order valence-electron chi connectivity index (χ4n) is 4.66. The van der Waals surface area contributed by atoms with Gasteiger partial charge in [-0.1, -0.05) is 44.2 Å². The van der Waals surface area contributed by atoms with Gasteiger partial charge in [-0.3, -0.25) is 19.9 Å². The molecular weight excluding hydrogens is 364 g/mol. The van der Waals surface area contributed by atoms with Crippen LogP contribution in [-0.2, 0) is 16.0 Å². The maximum Gasteiger partial charge on any atom is 0.254 e. The van der Waals surface area contributed by atoms with Gasteiger partial charge in [-0.2, -0.15) is 0 Å². The number of aryl methyl sites for hydroxylation is 1. The second kappa shape index (κ2) is 8.97. The molecule has 1 aromatic rings. The van der Waals surface area contributed by atoms with Crippen molar-refractivity contribution in [1.29, 1.82) is 5.41 Å². The minimum absolute atomic E-state index is 0.0104. The molecule has 0 aromatic heterocycles. The minimum Gasteiger partial charge on any atom is -0.342 e. The second-order valence-electron chi connectivity index (χ2n) is 9.15. The van der Waals surface area contributed by atoms with Crippen molar-refractivity contribution in [2.24, 2.45) is 11.8 Å². The topological polar surface area (TPSA) is 76.5 Å². The van der Waals surface area contributed by atoms with Gasteiger partial charge < -0.3 is 10.2 Å². The summed E-state index contributed by atoms with van der Waals surface area (Å²) in [5, 5.41) is 11.4. The van der Waals surface area contributed by atoms with Crippen LogP contribution in [0.25, 0.3) is 0 Å². The first-order valence-electron chi connectivity index (χ1n) is 10.8. The quantitative estimate of drug-likeness (QED) is 0.741. The second-order valence-corrected chi connectivity index (χ2v) is 9.15. The van der Waals surface area contributed by atoms with Crippen molar-refractivity contribution in [1.82, 2.24) is 15.1 Å². The maximum atomic E-state index is 13.0. The first-order chi connectivity index (χ1) is 13.8. The largest absolute Gasteiger partial charge is 0.342 e. The molecule has 0 spiro atoms. The molecule has 158 valence electrons. The Balaban J connectivity index is 1.55. The van der Waals surface area contributed by atoms with E-state index in [9.17, 15) is 9.59 Å². The molecule has 2 amide bonds. The molecule has 0 radical (unpaired) electrons. The highest BCUT2D eigenvalue weighted by Crippen LogP contribution is 2.27. The molecule has 2 atom stereocenters. The van der Waals surface area contributed by atoms with Crippen LogP contribution >= 0.6 is 0 Å². The Morgan fingerprint density at radius 3 is 2.72 bits per heavy atom. The lowest BCUT2D eigenvalue weighted by molar-refractivity contribution is -0.133. The zero-order valence-corrected chi connectivity index (χ0v) is 17.9. The van der Waals surface area contributed by atoms with E-state index < -0.39 is 5.54 Å². The highest BCUT2D eigenvalue weighted by Gasteiger charge is 2.46. The molecule has 2 saturated heterocycles. The first-order valence-corrected chi connectivity index (χ1v) is 10.8. The molecule has 0 aliphatic carbocycles. The molecule has 29 heavy (non-hydrogen) atoms. The van der Waals surface area contributed by atoms with Crippen molar-refractivity contribution >= 4 is 17.8 Å². The molecule has 0 bridgehead atoms. The van der Waals surface area contributed by atoms with E-state index in [-0.39, 0.29) is 23.7 Å². The van der Waals surface area contributed by atoms with E-state index in [0.717, 1.165) is 25.8 Å². The molecule has 3 rings (SSSR count). The Kier molecular flexibility index (Phi) is 6.60. The lowest BCUT2D eigenvalue weighted by Gasteiger charge is -2.34. The molecule has 2 fully saturated rings. The summed E-state index contributed by atoms with van der Waals surface area (Å²) >= 11 is 0. The molecule has 2 aliphatic rings. The van der Waals surface area contributed by atoms with Crippen molar-refractivity contribution in [2.75, 3.05) is 19.6 Å². The summed E-state index contributed by atoms with van der Waals surface area (Å²) < 4.78 is 0. The number of guanidine groups is 1. The Morgan fingerprint density at radius 1 is 1.31 bits per heavy atom. The zero-order chi connectivity index (χ0) is 21.0. The number of piperidine rings is 1. The number of carbonyl (C=O) groups excluding carboxylic acids is 2. The Bertz CT molecular complexity index is 749. The van der Waals surface area contributed by atoms with E-state index in [4.69, 9.17) is 5.41 Å². The van der Waals surface area contributed by atoms with Gasteiger partial charge in [0.25, 0.3) is 5.91 Å². The number of carbonyl (C=O) groups is 2. The van der Waals surface area contributed by atoms with Gasteiger partial charge in [-0.25, -0.2) is 0 Å². The summed E-state index contributed by atoms with van der Waals surface area (Å²) in [6.45, 7) is 8.05. The lowest BCUT2D eigenvalue weighted by Crippen LogP contribution is -2.47. The summed E-state index contributed by atoms with van der Waals surface area (Å²) in [6, 6.07) is 10.1. The number of benzene rings is 1. The van der Waals surface area contributed by atoms with Gasteiger partial charge in [-0.05, 0) is 50.0 Å². The van der Waals surface area contributed by atoms with Crippen LogP contribution in [0.1, 0.15) is 52.0 Å². The van der Waals surface area contributed by atoms with Gasteiger partial charge in [0.15, 0.2) is 5.96 Å². The monoisotopic (exact) mass is 398 g/mol. The number of hydrogen-bond acceptors (Lipinski definition) is 3. The van der Waals surface area contributed by atoms with Crippen molar-refractivity contribution in [3.63, 3.8) is 0 Å². The van der Waals surface area contributed by atoms with Crippen molar-refractivity contribution in [3.8, 4) is 0 Å². The van der Waals surface area contributed by atoms with Gasteiger partial charge in [0, 0.05) is 26.1 Å². The van der Waals surface area contributed by atoms with Gasteiger partial charge in [0.2, 0.25) is 5.91 Å². The number of amides is 2. The molecule has 0 saturated carbocycles. The average Bonchev–Trinajstić information content (AvgIpc) is 2.89. The van der Waals surface area contributed by atoms with Gasteiger partial charge in [-0.15, -0.1) is 0 Å². The number of hydrogen-bond donors (Lipinski definition) is 2. The van der Waals surface area contributed by atoms with Crippen LogP contribution < -0.4 is 5.32 Å². The van der Waals surface area contributed by atoms with Crippen molar-refractivity contribution in [2.45, 2.75) is 58.4 Å². The van der Waals surface area contributed by atoms with Crippen LogP contribution in [0.15, 0.2) is 30.3 Å². The first kappa shape index (κ1) is 21.3. The molecular formula is C23H34N4O2. The summed E-state index contributed by atoms with van der Waals surface area (Å²) in [4.78, 5) is 29.2. The van der Waals surface area contributed by atoms with E-state index in [1.54, 1.807) is 4.90 Å². The van der Waals surface area contributed by atoms with Gasteiger partial charge in [0.05, 0.1) is 0 Å². The molecule has 2 heterocycles. The van der Waals surface area contributed by atoms with Crippen LogP contribution in [0.4, 0.5) is 0 Å². The molecule has 1 aromatic carbocycles. The smallest absolute Gasteiger partial charge is 0.254 e. The Labute approximate surface area is 174 Å². The lowest BCUT2D eigenvalue weighted by atomic mass is 9.90. The molecule has 2 aliphatic heterocycles. The third-order valence-corrected chi connectivity index (χ3v) is 5.98. The minimum atomic E-state index is -0.689.